The fraction of sp³-hybridized carbons (Fsp3) is 0.500. The largest absolute Gasteiger partial charge is 0.388 e. The highest BCUT2D eigenvalue weighted by Gasteiger charge is 2.22. The average molecular weight is 334 g/mol. The molecule has 0 heterocycles. The Morgan fingerprint density at radius 3 is 2.80 bits per heavy atom. The summed E-state index contributed by atoms with van der Waals surface area (Å²) in [6.45, 7) is 2.06. The van der Waals surface area contributed by atoms with Gasteiger partial charge in [-0.3, -0.25) is 0 Å². The molecule has 1 nitrogen and oxygen atoms in total. The molecular formula is C12H14Br2O. The number of halogens is 2. The van der Waals surface area contributed by atoms with E-state index in [1.807, 2.05) is 0 Å². The molecule has 2 rings (SSSR count). The van der Waals surface area contributed by atoms with Gasteiger partial charge in [-0.2, -0.15) is 0 Å². The van der Waals surface area contributed by atoms with Crippen LogP contribution in [0.1, 0.15) is 42.1 Å². The molecule has 1 aromatic carbocycles. The first kappa shape index (κ1) is 11.6. The highest BCUT2D eigenvalue weighted by atomic mass is 79.9. The molecule has 0 bridgehead atoms. The lowest BCUT2D eigenvalue weighted by atomic mass is 9.99. The summed E-state index contributed by atoms with van der Waals surface area (Å²) in [6.07, 6.45) is 3.90. The van der Waals surface area contributed by atoms with Crippen LogP contribution in [0, 0.1) is 6.92 Å². The zero-order valence-electron chi connectivity index (χ0n) is 8.69. The van der Waals surface area contributed by atoms with Gasteiger partial charge in [0.15, 0.2) is 0 Å². The average Bonchev–Trinajstić information content (AvgIpc) is 2.37. The minimum absolute atomic E-state index is 0.312. The first-order valence-electron chi connectivity index (χ1n) is 5.26. The number of hydrogen-bond donors (Lipinski definition) is 1. The number of aryl methyl sites for hydroxylation is 1. The van der Waals surface area contributed by atoms with Gasteiger partial charge in [0.05, 0.1) is 6.10 Å². The molecule has 1 aromatic rings. The van der Waals surface area contributed by atoms with Crippen LogP contribution in [0.4, 0.5) is 0 Å². The Bertz CT molecular complexity index is 388. The molecule has 3 heteroatoms. The van der Waals surface area contributed by atoms with Crippen molar-refractivity contribution in [2.45, 2.75) is 38.7 Å². The molecule has 0 saturated carbocycles. The summed E-state index contributed by atoms with van der Waals surface area (Å²) in [4.78, 5) is 0. The van der Waals surface area contributed by atoms with E-state index in [2.05, 4.69) is 44.8 Å². The number of hydrogen-bond acceptors (Lipinski definition) is 1. The van der Waals surface area contributed by atoms with Gasteiger partial charge in [0.25, 0.3) is 0 Å². The topological polar surface area (TPSA) is 20.2 Å². The maximum atomic E-state index is 10.1. The summed E-state index contributed by atoms with van der Waals surface area (Å²) in [6, 6.07) is 2.13. The monoisotopic (exact) mass is 332 g/mol. The zero-order valence-corrected chi connectivity index (χ0v) is 11.9. The van der Waals surface area contributed by atoms with Crippen molar-refractivity contribution < 1.29 is 5.11 Å². The Morgan fingerprint density at radius 2 is 2.07 bits per heavy atom. The number of rotatable bonds is 0. The second-order valence-electron chi connectivity index (χ2n) is 4.14. The van der Waals surface area contributed by atoms with Crippen LogP contribution in [0.5, 0.6) is 0 Å². The van der Waals surface area contributed by atoms with E-state index in [1.165, 1.54) is 11.1 Å². The SMILES string of the molecule is Cc1cc(Br)c2c(c1Br)[C@@H](O)CCCC2. The van der Waals surface area contributed by atoms with Gasteiger partial charge in [0.2, 0.25) is 0 Å². The fourth-order valence-electron chi connectivity index (χ4n) is 2.20. The van der Waals surface area contributed by atoms with E-state index in [0.717, 1.165) is 40.2 Å². The summed E-state index contributed by atoms with van der Waals surface area (Å²) < 4.78 is 2.22. The first-order valence-corrected chi connectivity index (χ1v) is 6.85. The van der Waals surface area contributed by atoms with Gasteiger partial charge in [-0.25, -0.2) is 0 Å². The van der Waals surface area contributed by atoms with Gasteiger partial charge in [0, 0.05) is 8.95 Å². The molecule has 1 aliphatic carbocycles. The Hall–Kier alpha value is 0.140. The summed E-state index contributed by atoms with van der Waals surface area (Å²) >= 11 is 7.19. The number of aliphatic hydroxyl groups excluding tert-OH is 1. The molecule has 1 N–H and O–H groups in total. The smallest absolute Gasteiger partial charge is 0.0804 e. The predicted octanol–water partition coefficient (Wildman–Crippen LogP) is 4.28. The minimum atomic E-state index is -0.312. The molecule has 0 radical (unpaired) electrons. The van der Waals surface area contributed by atoms with Gasteiger partial charge in [0.1, 0.15) is 0 Å². The van der Waals surface area contributed by atoms with Crippen LogP contribution in [0.15, 0.2) is 15.0 Å². The molecule has 82 valence electrons. The van der Waals surface area contributed by atoms with Gasteiger partial charge in [-0.1, -0.05) is 38.3 Å². The van der Waals surface area contributed by atoms with Crippen LogP contribution in [-0.4, -0.2) is 5.11 Å². The lowest BCUT2D eigenvalue weighted by molar-refractivity contribution is 0.166. The molecule has 0 fully saturated rings. The standard InChI is InChI=1S/C12H14Br2O/c1-7-6-9(13)8-4-2-3-5-10(15)11(8)12(7)14/h6,10,15H,2-5H2,1H3/t10-/m0/s1. The van der Waals surface area contributed by atoms with Crippen LogP contribution < -0.4 is 0 Å². The van der Waals surface area contributed by atoms with Crippen LogP contribution in [0.2, 0.25) is 0 Å². The third-order valence-electron chi connectivity index (χ3n) is 3.03. The molecule has 0 aliphatic heterocycles. The van der Waals surface area contributed by atoms with Gasteiger partial charge in [-0.15, -0.1) is 0 Å². The Labute approximate surface area is 107 Å². The molecule has 0 aromatic heterocycles. The zero-order chi connectivity index (χ0) is 11.0. The maximum absolute atomic E-state index is 10.1. The van der Waals surface area contributed by atoms with Gasteiger partial charge >= 0.3 is 0 Å². The summed E-state index contributed by atoms with van der Waals surface area (Å²) in [5.74, 6) is 0. The van der Waals surface area contributed by atoms with Crippen LogP contribution in [-0.2, 0) is 6.42 Å². The van der Waals surface area contributed by atoms with Crippen molar-refractivity contribution in [2.75, 3.05) is 0 Å². The van der Waals surface area contributed by atoms with E-state index < -0.39 is 0 Å². The lowest BCUT2D eigenvalue weighted by Crippen LogP contribution is -2.02. The van der Waals surface area contributed by atoms with Gasteiger partial charge in [-0.05, 0) is 48.9 Å². The van der Waals surface area contributed by atoms with E-state index in [9.17, 15) is 5.11 Å². The van der Waals surface area contributed by atoms with Crippen LogP contribution in [0.25, 0.3) is 0 Å². The van der Waals surface area contributed by atoms with Crippen molar-refractivity contribution >= 4 is 31.9 Å². The molecular weight excluding hydrogens is 320 g/mol. The van der Waals surface area contributed by atoms with Crippen molar-refractivity contribution in [2.24, 2.45) is 0 Å². The Morgan fingerprint density at radius 1 is 1.33 bits per heavy atom. The van der Waals surface area contributed by atoms with Crippen LogP contribution >= 0.6 is 31.9 Å². The quantitative estimate of drug-likeness (QED) is 0.702. The molecule has 1 atom stereocenters. The van der Waals surface area contributed by atoms with Crippen LogP contribution in [0.3, 0.4) is 0 Å². The molecule has 0 saturated heterocycles. The van der Waals surface area contributed by atoms with Crippen molar-refractivity contribution in [3.63, 3.8) is 0 Å². The van der Waals surface area contributed by atoms with Crippen molar-refractivity contribution in [1.29, 1.82) is 0 Å². The summed E-state index contributed by atoms with van der Waals surface area (Å²) in [5, 5.41) is 10.1. The van der Waals surface area contributed by atoms with Gasteiger partial charge < -0.3 is 5.11 Å². The summed E-state index contributed by atoms with van der Waals surface area (Å²) in [7, 11) is 0. The number of aliphatic hydroxyl groups is 1. The molecule has 0 unspecified atom stereocenters. The third-order valence-corrected chi connectivity index (χ3v) is 4.79. The lowest BCUT2D eigenvalue weighted by Gasteiger charge is -2.17. The predicted molar refractivity (Wildman–Crippen MR) is 69.1 cm³/mol. The Balaban J connectivity index is 2.63. The van der Waals surface area contributed by atoms with Crippen molar-refractivity contribution in [3.8, 4) is 0 Å². The molecule has 0 amide bonds. The first-order chi connectivity index (χ1) is 7.11. The van der Waals surface area contributed by atoms with E-state index in [4.69, 9.17) is 0 Å². The maximum Gasteiger partial charge on any atom is 0.0804 e. The Kier molecular flexibility index (Phi) is 3.53. The van der Waals surface area contributed by atoms with E-state index in [-0.39, 0.29) is 6.10 Å². The van der Waals surface area contributed by atoms with Crippen molar-refractivity contribution in [1.82, 2.24) is 0 Å². The fourth-order valence-corrected chi connectivity index (χ4v) is 3.57. The van der Waals surface area contributed by atoms with E-state index >= 15 is 0 Å². The van der Waals surface area contributed by atoms with Crippen molar-refractivity contribution in [3.05, 3.63) is 31.7 Å². The molecule has 1 aliphatic rings. The normalized spacial score (nSPS) is 20.9. The minimum Gasteiger partial charge on any atom is -0.388 e. The number of benzene rings is 1. The van der Waals surface area contributed by atoms with E-state index in [1.54, 1.807) is 0 Å². The summed E-state index contributed by atoms with van der Waals surface area (Å²) in [5.41, 5.74) is 3.55. The second kappa shape index (κ2) is 4.56. The van der Waals surface area contributed by atoms with E-state index in [0.29, 0.717) is 0 Å². The highest BCUT2D eigenvalue weighted by molar-refractivity contribution is 9.11. The second-order valence-corrected chi connectivity index (χ2v) is 5.79. The molecule has 15 heavy (non-hydrogen) atoms. The third kappa shape index (κ3) is 2.15. The highest BCUT2D eigenvalue weighted by Crippen LogP contribution is 2.39. The molecule has 0 spiro atoms. The number of fused-ring (bicyclic) bond motifs is 1.